The first-order chi connectivity index (χ1) is 12.2. The maximum absolute atomic E-state index is 12.2. The van der Waals surface area contributed by atoms with Crippen molar-refractivity contribution in [1.29, 1.82) is 0 Å². The lowest BCUT2D eigenvalue weighted by Crippen LogP contribution is -2.29. The maximum Gasteiger partial charge on any atom is 0.247 e. The average Bonchev–Trinajstić information content (AvgIpc) is 2.65. The zero-order chi connectivity index (χ0) is 17.9. The van der Waals surface area contributed by atoms with Crippen LogP contribution in [0, 0.1) is 0 Å². The molecule has 0 saturated carbocycles. The van der Waals surface area contributed by atoms with Crippen molar-refractivity contribution in [2.45, 2.75) is 6.61 Å². The molecule has 2 aromatic rings. The van der Waals surface area contributed by atoms with Crippen molar-refractivity contribution in [2.75, 3.05) is 13.1 Å². The molecule has 3 heteroatoms. The first kappa shape index (κ1) is 18.3. The molecule has 25 heavy (non-hydrogen) atoms. The highest BCUT2D eigenvalue weighted by Gasteiger charge is 2.06. The quantitative estimate of drug-likeness (QED) is 0.500. The number of amides is 1. The van der Waals surface area contributed by atoms with Gasteiger partial charge in [-0.05, 0) is 29.3 Å². The van der Waals surface area contributed by atoms with Gasteiger partial charge in [-0.3, -0.25) is 4.79 Å². The summed E-state index contributed by atoms with van der Waals surface area (Å²) in [7, 11) is 0. The first-order valence-electron chi connectivity index (χ1n) is 8.18. The fourth-order valence-corrected chi connectivity index (χ4v) is 2.29. The van der Waals surface area contributed by atoms with Gasteiger partial charge >= 0.3 is 0 Å². The molecule has 0 aliphatic rings. The van der Waals surface area contributed by atoms with E-state index < -0.39 is 0 Å². The molecule has 0 aliphatic carbocycles. The molecule has 0 spiro atoms. The average molecular weight is 333 g/mol. The summed E-state index contributed by atoms with van der Waals surface area (Å²) in [5, 5.41) is 0. The molecular formula is C22H23NO2. The predicted octanol–water partition coefficient (Wildman–Crippen LogP) is 4.48. The molecule has 3 nitrogen and oxygen atoms in total. The van der Waals surface area contributed by atoms with Crippen molar-refractivity contribution in [1.82, 2.24) is 4.90 Å². The summed E-state index contributed by atoms with van der Waals surface area (Å²) in [6, 6.07) is 17.7. The van der Waals surface area contributed by atoms with Crippen LogP contribution in [0.4, 0.5) is 0 Å². The Hall–Kier alpha value is -3.07. The van der Waals surface area contributed by atoms with Gasteiger partial charge in [0.25, 0.3) is 0 Å². The van der Waals surface area contributed by atoms with E-state index >= 15 is 0 Å². The monoisotopic (exact) mass is 333 g/mol. The zero-order valence-electron chi connectivity index (χ0n) is 14.3. The molecule has 0 atom stereocenters. The van der Waals surface area contributed by atoms with Gasteiger partial charge in [-0.15, -0.1) is 13.2 Å². The highest BCUT2D eigenvalue weighted by molar-refractivity contribution is 5.92. The maximum atomic E-state index is 12.2. The van der Waals surface area contributed by atoms with Gasteiger partial charge in [0.1, 0.15) is 12.4 Å². The van der Waals surface area contributed by atoms with E-state index in [1.165, 1.54) is 0 Å². The highest BCUT2D eigenvalue weighted by atomic mass is 16.5. The SMILES string of the molecule is C=CCN(CC=C)C(=O)/C=C/c1cccc(OCc2ccccc2)c1. The van der Waals surface area contributed by atoms with Gasteiger partial charge in [-0.2, -0.15) is 0 Å². The van der Waals surface area contributed by atoms with Gasteiger partial charge in [0, 0.05) is 19.2 Å². The molecule has 2 aromatic carbocycles. The number of hydrogen-bond donors (Lipinski definition) is 0. The van der Waals surface area contributed by atoms with E-state index in [0.29, 0.717) is 19.7 Å². The van der Waals surface area contributed by atoms with E-state index in [0.717, 1.165) is 16.9 Å². The molecule has 0 aliphatic heterocycles. The van der Waals surface area contributed by atoms with Crippen molar-refractivity contribution >= 4 is 12.0 Å². The molecule has 0 heterocycles. The number of benzene rings is 2. The molecule has 0 fully saturated rings. The molecule has 0 bridgehead atoms. The molecule has 0 unspecified atom stereocenters. The Labute approximate surface area is 149 Å². The van der Waals surface area contributed by atoms with Crippen LogP contribution >= 0.6 is 0 Å². The van der Waals surface area contributed by atoms with E-state index in [1.54, 1.807) is 29.2 Å². The van der Waals surface area contributed by atoms with Crippen LogP contribution in [0.5, 0.6) is 5.75 Å². The van der Waals surface area contributed by atoms with Crippen LogP contribution in [0.15, 0.2) is 86.0 Å². The summed E-state index contributed by atoms with van der Waals surface area (Å²) in [6.45, 7) is 8.85. The lowest BCUT2D eigenvalue weighted by molar-refractivity contribution is -0.124. The smallest absolute Gasteiger partial charge is 0.247 e. The highest BCUT2D eigenvalue weighted by Crippen LogP contribution is 2.16. The number of ether oxygens (including phenoxy) is 1. The van der Waals surface area contributed by atoms with Crippen LogP contribution in [0.3, 0.4) is 0 Å². The summed E-state index contributed by atoms with van der Waals surface area (Å²) in [5.74, 6) is 0.697. The van der Waals surface area contributed by atoms with Crippen molar-refractivity contribution in [3.05, 3.63) is 97.1 Å². The number of hydrogen-bond acceptors (Lipinski definition) is 2. The molecule has 0 aromatic heterocycles. The van der Waals surface area contributed by atoms with Crippen molar-refractivity contribution in [3.63, 3.8) is 0 Å². The van der Waals surface area contributed by atoms with Crippen LogP contribution < -0.4 is 4.74 Å². The Balaban J connectivity index is 1.99. The minimum Gasteiger partial charge on any atom is -0.489 e. The second kappa shape index (κ2) is 9.93. The Morgan fingerprint density at radius 2 is 1.72 bits per heavy atom. The molecular weight excluding hydrogens is 310 g/mol. The number of carbonyl (C=O) groups excluding carboxylic acids is 1. The summed E-state index contributed by atoms with van der Waals surface area (Å²) in [5.41, 5.74) is 2.03. The third kappa shape index (κ3) is 6.15. The van der Waals surface area contributed by atoms with Gasteiger partial charge in [0.2, 0.25) is 5.91 Å². The van der Waals surface area contributed by atoms with Crippen LogP contribution in [0.2, 0.25) is 0 Å². The van der Waals surface area contributed by atoms with Gasteiger partial charge in [0.05, 0.1) is 0 Å². The first-order valence-corrected chi connectivity index (χ1v) is 8.18. The number of rotatable bonds is 9. The Morgan fingerprint density at radius 3 is 2.40 bits per heavy atom. The van der Waals surface area contributed by atoms with Gasteiger partial charge < -0.3 is 9.64 Å². The zero-order valence-corrected chi connectivity index (χ0v) is 14.3. The minimum atomic E-state index is -0.0737. The summed E-state index contributed by atoms with van der Waals surface area (Å²) < 4.78 is 5.81. The normalized spacial score (nSPS) is 10.4. The van der Waals surface area contributed by atoms with E-state index in [9.17, 15) is 4.79 Å². The van der Waals surface area contributed by atoms with Gasteiger partial charge in [-0.25, -0.2) is 0 Å². The van der Waals surface area contributed by atoms with Crippen LogP contribution in [0.1, 0.15) is 11.1 Å². The van der Waals surface area contributed by atoms with E-state index in [1.807, 2.05) is 54.6 Å². The molecule has 1 amide bonds. The summed E-state index contributed by atoms with van der Waals surface area (Å²) >= 11 is 0. The molecule has 0 saturated heterocycles. The van der Waals surface area contributed by atoms with Crippen molar-refractivity contribution < 1.29 is 9.53 Å². The minimum absolute atomic E-state index is 0.0737. The van der Waals surface area contributed by atoms with E-state index in [4.69, 9.17) is 4.74 Å². The summed E-state index contributed by atoms with van der Waals surface area (Å²) in [6.07, 6.45) is 6.75. The Kier molecular flexibility index (Phi) is 7.26. The fraction of sp³-hybridized carbons (Fsp3) is 0.136. The molecule has 0 N–H and O–H groups in total. The molecule has 2 rings (SSSR count). The predicted molar refractivity (Wildman–Crippen MR) is 103 cm³/mol. The van der Waals surface area contributed by atoms with E-state index in [2.05, 4.69) is 13.2 Å². The third-order valence-electron chi connectivity index (χ3n) is 3.54. The second-order valence-corrected chi connectivity index (χ2v) is 5.50. The Bertz CT molecular complexity index is 725. The largest absolute Gasteiger partial charge is 0.489 e. The standard InChI is InChI=1S/C22H23NO2/c1-3-15-23(16-4-2)22(24)14-13-19-11-8-12-21(17-19)25-18-20-9-6-5-7-10-20/h3-14,17H,1-2,15-16,18H2/b14-13+. The lowest BCUT2D eigenvalue weighted by atomic mass is 10.2. The fourth-order valence-electron chi connectivity index (χ4n) is 2.29. The number of nitrogens with zero attached hydrogens (tertiary/aromatic N) is 1. The molecule has 0 radical (unpaired) electrons. The lowest BCUT2D eigenvalue weighted by Gasteiger charge is -2.16. The topological polar surface area (TPSA) is 29.5 Å². The van der Waals surface area contributed by atoms with Gasteiger partial charge in [0.15, 0.2) is 0 Å². The molecule has 128 valence electrons. The third-order valence-corrected chi connectivity index (χ3v) is 3.54. The number of carbonyl (C=O) groups is 1. The van der Waals surface area contributed by atoms with E-state index in [-0.39, 0.29) is 5.91 Å². The second-order valence-electron chi connectivity index (χ2n) is 5.50. The van der Waals surface area contributed by atoms with Crippen LogP contribution in [-0.4, -0.2) is 23.9 Å². The van der Waals surface area contributed by atoms with Gasteiger partial charge in [-0.1, -0.05) is 54.6 Å². The van der Waals surface area contributed by atoms with Crippen LogP contribution in [-0.2, 0) is 11.4 Å². The van der Waals surface area contributed by atoms with Crippen molar-refractivity contribution in [3.8, 4) is 5.75 Å². The Morgan fingerprint density at radius 1 is 1.00 bits per heavy atom. The summed E-state index contributed by atoms with van der Waals surface area (Å²) in [4.78, 5) is 13.9. The van der Waals surface area contributed by atoms with Crippen LogP contribution in [0.25, 0.3) is 6.08 Å². The van der Waals surface area contributed by atoms with Crippen molar-refractivity contribution in [2.24, 2.45) is 0 Å².